The Bertz CT molecular complexity index is 1080. The van der Waals surface area contributed by atoms with Gasteiger partial charge in [0.15, 0.2) is 0 Å². The van der Waals surface area contributed by atoms with E-state index in [4.69, 9.17) is 11.6 Å². The van der Waals surface area contributed by atoms with Crippen molar-refractivity contribution < 1.29 is 18.0 Å². The Morgan fingerprint density at radius 3 is 2.39 bits per heavy atom. The first-order chi connectivity index (χ1) is 15.6. The van der Waals surface area contributed by atoms with Crippen LogP contribution >= 0.6 is 27.5 Å². The van der Waals surface area contributed by atoms with E-state index in [9.17, 15) is 18.0 Å². The Kier molecular flexibility index (Phi) is 10.2. The number of carbonyl (C=O) groups is 2. The molecule has 2 rings (SSSR count). The molecule has 1 N–H and O–H groups in total. The van der Waals surface area contributed by atoms with Gasteiger partial charge in [-0.1, -0.05) is 65.6 Å². The second kappa shape index (κ2) is 12.4. The first kappa shape index (κ1) is 27.1. The van der Waals surface area contributed by atoms with Gasteiger partial charge in [0.2, 0.25) is 21.8 Å². The van der Waals surface area contributed by atoms with E-state index in [1.54, 1.807) is 48.5 Å². The molecule has 0 aliphatic carbocycles. The normalized spacial score (nSPS) is 12.2. The summed E-state index contributed by atoms with van der Waals surface area (Å²) in [6, 6.07) is 13.0. The number of halogens is 2. The molecule has 180 valence electrons. The molecule has 0 saturated heterocycles. The van der Waals surface area contributed by atoms with Crippen LogP contribution in [0.3, 0.4) is 0 Å². The Morgan fingerprint density at radius 2 is 1.82 bits per heavy atom. The van der Waals surface area contributed by atoms with Crippen LogP contribution in [0.4, 0.5) is 5.69 Å². The molecule has 10 heteroatoms. The number of anilines is 1. The Labute approximate surface area is 209 Å². The number of nitrogens with one attached hydrogen (secondary N) is 1. The van der Waals surface area contributed by atoms with Crippen LogP contribution in [0.5, 0.6) is 0 Å². The second-order valence-corrected chi connectivity index (χ2v) is 10.8. The van der Waals surface area contributed by atoms with Crippen molar-refractivity contribution in [1.29, 1.82) is 0 Å². The molecule has 2 aromatic carbocycles. The maximum atomic E-state index is 13.5. The molecule has 33 heavy (non-hydrogen) atoms. The highest BCUT2D eigenvalue weighted by Gasteiger charge is 2.32. The fourth-order valence-electron chi connectivity index (χ4n) is 3.34. The molecule has 0 radical (unpaired) electrons. The van der Waals surface area contributed by atoms with Gasteiger partial charge in [0.05, 0.1) is 11.9 Å². The van der Waals surface area contributed by atoms with Gasteiger partial charge < -0.3 is 10.2 Å². The van der Waals surface area contributed by atoms with E-state index in [0.29, 0.717) is 33.7 Å². The number of sulfonamides is 1. The zero-order chi connectivity index (χ0) is 24.6. The highest BCUT2D eigenvalue weighted by Crippen LogP contribution is 2.24. The third kappa shape index (κ3) is 7.72. The van der Waals surface area contributed by atoms with E-state index < -0.39 is 28.5 Å². The maximum Gasteiger partial charge on any atom is 0.244 e. The molecule has 0 heterocycles. The summed E-state index contributed by atoms with van der Waals surface area (Å²) in [5, 5.41) is 3.30. The van der Waals surface area contributed by atoms with Crippen LogP contribution in [0.25, 0.3) is 0 Å². The molecule has 0 bridgehead atoms. The largest absolute Gasteiger partial charge is 0.354 e. The van der Waals surface area contributed by atoms with Gasteiger partial charge in [-0.3, -0.25) is 13.9 Å². The van der Waals surface area contributed by atoms with Gasteiger partial charge in [0, 0.05) is 22.6 Å². The van der Waals surface area contributed by atoms with Gasteiger partial charge in [-0.15, -0.1) is 0 Å². The van der Waals surface area contributed by atoms with Crippen molar-refractivity contribution in [2.45, 2.75) is 39.3 Å². The smallest absolute Gasteiger partial charge is 0.244 e. The van der Waals surface area contributed by atoms with Crippen molar-refractivity contribution in [2.24, 2.45) is 0 Å². The van der Waals surface area contributed by atoms with Gasteiger partial charge in [-0.25, -0.2) is 8.42 Å². The van der Waals surface area contributed by atoms with Crippen LogP contribution in [0.2, 0.25) is 5.02 Å². The summed E-state index contributed by atoms with van der Waals surface area (Å²) < 4.78 is 26.9. The zero-order valence-corrected chi connectivity index (χ0v) is 22.1. The third-order valence-electron chi connectivity index (χ3n) is 5.01. The molecule has 0 spiro atoms. The highest BCUT2D eigenvalue weighted by molar-refractivity contribution is 9.10. The molecular weight excluding hydrogens is 530 g/mol. The zero-order valence-electron chi connectivity index (χ0n) is 18.9. The number of hydrogen-bond acceptors (Lipinski definition) is 4. The molecule has 7 nitrogen and oxygen atoms in total. The quantitative estimate of drug-likeness (QED) is 0.448. The van der Waals surface area contributed by atoms with E-state index in [-0.39, 0.29) is 12.5 Å². The standard InChI is InChI=1S/C23H29BrClN3O4S/c1-4-13-26-23(30)21(5-2)27(15-17-9-6-7-12-20(17)25)22(29)16-28(33(3,31)32)19-11-8-10-18(24)14-19/h6-12,14,21H,4-5,13,15-16H2,1-3H3,(H,26,30)/t21-/m1/s1. The number of hydrogen-bond donors (Lipinski definition) is 1. The summed E-state index contributed by atoms with van der Waals surface area (Å²) >= 11 is 9.66. The highest BCUT2D eigenvalue weighted by atomic mass is 79.9. The minimum absolute atomic E-state index is 0.0760. The van der Waals surface area contributed by atoms with Crippen molar-refractivity contribution >= 4 is 55.1 Å². The van der Waals surface area contributed by atoms with Crippen LogP contribution < -0.4 is 9.62 Å². The Balaban J connectivity index is 2.44. The van der Waals surface area contributed by atoms with E-state index >= 15 is 0 Å². The molecule has 1 atom stereocenters. The van der Waals surface area contributed by atoms with E-state index in [0.717, 1.165) is 17.0 Å². The number of benzene rings is 2. The second-order valence-electron chi connectivity index (χ2n) is 7.58. The number of nitrogens with zero attached hydrogens (tertiary/aromatic N) is 2. The van der Waals surface area contributed by atoms with Crippen molar-refractivity contribution in [2.75, 3.05) is 23.7 Å². The molecule has 2 aromatic rings. The van der Waals surface area contributed by atoms with Crippen molar-refractivity contribution in [3.63, 3.8) is 0 Å². The summed E-state index contributed by atoms with van der Waals surface area (Å²) in [6.07, 6.45) is 2.16. The van der Waals surface area contributed by atoms with Crippen molar-refractivity contribution in [3.05, 3.63) is 63.6 Å². The molecule has 0 aliphatic rings. The van der Waals surface area contributed by atoms with Crippen LogP contribution in [0.15, 0.2) is 53.0 Å². The molecule has 0 aromatic heterocycles. The predicted octanol–water partition coefficient (Wildman–Crippen LogP) is 4.20. The van der Waals surface area contributed by atoms with Gasteiger partial charge in [0.25, 0.3) is 0 Å². The lowest BCUT2D eigenvalue weighted by Gasteiger charge is -2.33. The number of amides is 2. The minimum Gasteiger partial charge on any atom is -0.354 e. The lowest BCUT2D eigenvalue weighted by molar-refractivity contribution is -0.140. The SMILES string of the molecule is CCCNC(=O)[C@@H](CC)N(Cc1ccccc1Cl)C(=O)CN(c1cccc(Br)c1)S(C)(=O)=O. The predicted molar refractivity (Wildman–Crippen MR) is 136 cm³/mol. The van der Waals surface area contributed by atoms with Crippen molar-refractivity contribution in [1.82, 2.24) is 10.2 Å². The maximum absolute atomic E-state index is 13.5. The van der Waals surface area contributed by atoms with Crippen LogP contribution in [-0.4, -0.2) is 50.5 Å². The molecule has 0 fully saturated rings. The molecule has 0 saturated carbocycles. The third-order valence-corrected chi connectivity index (χ3v) is 7.01. The van der Waals surface area contributed by atoms with Gasteiger partial charge in [0.1, 0.15) is 12.6 Å². The lowest BCUT2D eigenvalue weighted by Crippen LogP contribution is -2.52. The van der Waals surface area contributed by atoms with Crippen LogP contribution in [0, 0.1) is 0 Å². The van der Waals surface area contributed by atoms with Gasteiger partial charge >= 0.3 is 0 Å². The fourth-order valence-corrected chi connectivity index (χ4v) is 4.76. The summed E-state index contributed by atoms with van der Waals surface area (Å²) in [5.41, 5.74) is 1.02. The minimum atomic E-state index is -3.77. The number of carbonyl (C=O) groups excluding carboxylic acids is 2. The van der Waals surface area contributed by atoms with Gasteiger partial charge in [-0.05, 0) is 42.7 Å². The number of rotatable bonds is 11. The molecule has 2 amide bonds. The van der Waals surface area contributed by atoms with Crippen molar-refractivity contribution in [3.8, 4) is 0 Å². The van der Waals surface area contributed by atoms with E-state index in [1.807, 2.05) is 13.8 Å². The molecule has 0 aliphatic heterocycles. The first-order valence-electron chi connectivity index (χ1n) is 10.6. The average Bonchev–Trinajstić information content (AvgIpc) is 2.76. The van der Waals surface area contributed by atoms with Gasteiger partial charge in [-0.2, -0.15) is 0 Å². The molecular formula is C23H29BrClN3O4S. The summed E-state index contributed by atoms with van der Waals surface area (Å²) in [6.45, 7) is 3.86. The lowest BCUT2D eigenvalue weighted by atomic mass is 10.1. The molecule has 0 unspecified atom stereocenters. The van der Waals surface area contributed by atoms with Crippen LogP contribution in [-0.2, 0) is 26.2 Å². The summed E-state index contributed by atoms with van der Waals surface area (Å²) in [4.78, 5) is 27.8. The Morgan fingerprint density at radius 1 is 1.12 bits per heavy atom. The van der Waals surface area contributed by atoms with E-state index in [1.165, 1.54) is 4.90 Å². The first-order valence-corrected chi connectivity index (χ1v) is 13.6. The topological polar surface area (TPSA) is 86.8 Å². The fraction of sp³-hybridized carbons (Fsp3) is 0.391. The summed E-state index contributed by atoms with van der Waals surface area (Å²) in [5.74, 6) is -0.785. The van der Waals surface area contributed by atoms with Crippen LogP contribution in [0.1, 0.15) is 32.3 Å². The summed E-state index contributed by atoms with van der Waals surface area (Å²) in [7, 11) is -3.77. The Hall–Kier alpha value is -2.10. The van der Waals surface area contributed by atoms with E-state index in [2.05, 4.69) is 21.2 Å². The average molecular weight is 559 g/mol. The monoisotopic (exact) mass is 557 g/mol.